The van der Waals surface area contributed by atoms with Crippen molar-refractivity contribution in [3.05, 3.63) is 54.1 Å². The molecule has 0 amide bonds. The van der Waals surface area contributed by atoms with E-state index in [0.717, 1.165) is 42.0 Å². The summed E-state index contributed by atoms with van der Waals surface area (Å²) in [6.45, 7) is 8.99. The number of fused-ring (bicyclic) bond motifs is 3. The van der Waals surface area contributed by atoms with E-state index in [9.17, 15) is 4.79 Å². The van der Waals surface area contributed by atoms with Gasteiger partial charge in [0.15, 0.2) is 0 Å². The quantitative estimate of drug-likeness (QED) is 0.507. The molecule has 2 aliphatic rings. The van der Waals surface area contributed by atoms with Crippen molar-refractivity contribution in [1.82, 2.24) is 14.8 Å². The number of piperazine rings is 1. The summed E-state index contributed by atoms with van der Waals surface area (Å²) < 4.78 is 12.6. The molecule has 3 heterocycles. The van der Waals surface area contributed by atoms with E-state index in [-0.39, 0.29) is 5.97 Å². The van der Waals surface area contributed by atoms with Crippen molar-refractivity contribution < 1.29 is 14.3 Å². The number of aromatic nitrogens is 1. The predicted octanol–water partition coefficient (Wildman–Crippen LogP) is 4.69. The molecule has 2 saturated heterocycles. The number of likely N-dealkylation sites (tertiary alicyclic amines) is 2. The molecule has 0 spiro atoms. The third kappa shape index (κ3) is 4.80. The van der Waals surface area contributed by atoms with E-state index in [1.54, 1.807) is 11.3 Å². The highest BCUT2D eigenvalue weighted by Crippen LogP contribution is 2.33. The van der Waals surface area contributed by atoms with E-state index >= 15 is 0 Å². The second-order valence-corrected chi connectivity index (χ2v) is 10.7. The van der Waals surface area contributed by atoms with Crippen molar-refractivity contribution in [2.45, 2.75) is 51.4 Å². The summed E-state index contributed by atoms with van der Waals surface area (Å²) in [5.41, 5.74) is 1.81. The third-order valence-corrected chi connectivity index (χ3v) is 6.92. The Morgan fingerprint density at radius 1 is 1.06 bits per heavy atom. The molecule has 2 fully saturated rings. The summed E-state index contributed by atoms with van der Waals surface area (Å²) in [5.74, 6) is 0.680. The molecule has 2 aromatic carbocycles. The summed E-state index contributed by atoms with van der Waals surface area (Å²) in [5, 5.41) is 0.667. The van der Waals surface area contributed by atoms with E-state index in [4.69, 9.17) is 9.47 Å². The lowest BCUT2D eigenvalue weighted by molar-refractivity contribution is -0.156. The Morgan fingerprint density at radius 2 is 1.78 bits per heavy atom. The molecule has 0 radical (unpaired) electrons. The van der Waals surface area contributed by atoms with Gasteiger partial charge in [0.1, 0.15) is 11.4 Å². The molecule has 2 unspecified atom stereocenters. The molecule has 3 aromatic rings. The van der Waals surface area contributed by atoms with E-state index in [1.807, 2.05) is 51.1 Å². The SMILES string of the molecule is CC(C)(C)OC(=O)CN1CC2CC1CN2Cc1ccc(Oc2nc3ccccc3s2)cc1. The summed E-state index contributed by atoms with van der Waals surface area (Å²) in [6.07, 6.45) is 1.13. The Balaban J connectivity index is 1.14. The molecule has 0 aliphatic carbocycles. The highest BCUT2D eigenvalue weighted by Gasteiger charge is 2.43. The maximum absolute atomic E-state index is 12.2. The molecule has 168 valence electrons. The van der Waals surface area contributed by atoms with Crippen LogP contribution in [0.5, 0.6) is 10.9 Å². The molecule has 32 heavy (non-hydrogen) atoms. The molecule has 6 nitrogen and oxygen atoms in total. The van der Waals surface area contributed by atoms with Crippen molar-refractivity contribution in [2.75, 3.05) is 19.6 Å². The first-order valence-electron chi connectivity index (χ1n) is 11.1. The van der Waals surface area contributed by atoms with Crippen LogP contribution >= 0.6 is 11.3 Å². The fraction of sp³-hybridized carbons (Fsp3) is 0.440. The molecule has 0 saturated carbocycles. The van der Waals surface area contributed by atoms with Gasteiger partial charge in [0, 0.05) is 31.7 Å². The highest BCUT2D eigenvalue weighted by atomic mass is 32.1. The van der Waals surface area contributed by atoms with Crippen LogP contribution in [0.25, 0.3) is 10.2 Å². The monoisotopic (exact) mass is 451 g/mol. The Morgan fingerprint density at radius 3 is 2.47 bits per heavy atom. The van der Waals surface area contributed by atoms with E-state index in [0.29, 0.717) is 23.8 Å². The molecular formula is C25H29N3O3S. The first-order valence-corrected chi connectivity index (χ1v) is 12.0. The van der Waals surface area contributed by atoms with Gasteiger partial charge in [-0.25, -0.2) is 4.98 Å². The maximum Gasteiger partial charge on any atom is 0.320 e. The minimum Gasteiger partial charge on any atom is -0.459 e. The molecule has 7 heteroatoms. The Hall–Kier alpha value is -2.48. The zero-order valence-electron chi connectivity index (χ0n) is 18.8. The summed E-state index contributed by atoms with van der Waals surface area (Å²) >= 11 is 1.56. The van der Waals surface area contributed by atoms with Crippen LogP contribution in [0.2, 0.25) is 0 Å². The van der Waals surface area contributed by atoms with E-state index in [1.165, 1.54) is 5.56 Å². The van der Waals surface area contributed by atoms with Crippen LogP contribution in [0.15, 0.2) is 48.5 Å². The van der Waals surface area contributed by atoms with Gasteiger partial charge in [-0.3, -0.25) is 14.6 Å². The van der Waals surface area contributed by atoms with Gasteiger partial charge in [-0.05, 0) is 57.0 Å². The van der Waals surface area contributed by atoms with Gasteiger partial charge in [-0.1, -0.05) is 35.6 Å². The van der Waals surface area contributed by atoms with Gasteiger partial charge in [0.05, 0.1) is 16.8 Å². The number of esters is 1. The second-order valence-electron chi connectivity index (χ2n) is 9.68. The molecule has 0 N–H and O–H groups in total. The fourth-order valence-corrected chi connectivity index (χ4v) is 5.49. The lowest BCUT2D eigenvalue weighted by Crippen LogP contribution is -2.48. The average molecular weight is 452 g/mol. The topological polar surface area (TPSA) is 54.9 Å². The number of rotatable bonds is 6. The molecule has 2 bridgehead atoms. The smallest absolute Gasteiger partial charge is 0.320 e. The lowest BCUT2D eigenvalue weighted by atomic mass is 10.2. The van der Waals surface area contributed by atoms with Gasteiger partial charge in [-0.15, -0.1) is 0 Å². The second kappa shape index (κ2) is 8.46. The standard InChI is InChI=1S/C25H29N3O3S/c1-25(2,3)31-23(29)16-28-15-18-12-19(28)14-27(18)13-17-8-10-20(11-9-17)30-24-26-21-6-4-5-7-22(21)32-24/h4-11,18-19H,12-16H2,1-3H3. The van der Waals surface area contributed by atoms with Crippen molar-refractivity contribution in [1.29, 1.82) is 0 Å². The number of carbonyl (C=O) groups excluding carboxylic acids is 1. The predicted molar refractivity (Wildman–Crippen MR) is 126 cm³/mol. The molecular weight excluding hydrogens is 422 g/mol. The van der Waals surface area contributed by atoms with E-state index < -0.39 is 5.60 Å². The molecule has 2 atom stereocenters. The van der Waals surface area contributed by atoms with Gasteiger partial charge in [0.25, 0.3) is 5.19 Å². The van der Waals surface area contributed by atoms with Crippen LogP contribution in [0, 0.1) is 0 Å². The number of benzene rings is 2. The number of hydrogen-bond donors (Lipinski definition) is 0. The summed E-state index contributed by atoms with van der Waals surface area (Å²) in [6, 6.07) is 17.3. The van der Waals surface area contributed by atoms with Crippen molar-refractivity contribution in [2.24, 2.45) is 0 Å². The first kappa shape index (κ1) is 21.4. The zero-order chi connectivity index (χ0) is 22.3. The van der Waals surface area contributed by atoms with Crippen molar-refractivity contribution >= 4 is 27.5 Å². The minimum atomic E-state index is -0.426. The molecule has 1 aromatic heterocycles. The Labute approximate surface area is 192 Å². The van der Waals surface area contributed by atoms with Crippen LogP contribution in [0.4, 0.5) is 0 Å². The fourth-order valence-electron chi connectivity index (χ4n) is 4.65. The normalized spacial score (nSPS) is 21.3. The zero-order valence-corrected chi connectivity index (χ0v) is 19.6. The first-order chi connectivity index (χ1) is 15.3. The molecule has 5 rings (SSSR count). The van der Waals surface area contributed by atoms with Gasteiger partial charge in [0.2, 0.25) is 0 Å². The largest absolute Gasteiger partial charge is 0.459 e. The van der Waals surface area contributed by atoms with Crippen molar-refractivity contribution in [3.63, 3.8) is 0 Å². The van der Waals surface area contributed by atoms with E-state index in [2.05, 4.69) is 33.0 Å². The third-order valence-electron chi connectivity index (χ3n) is 6.01. The van der Waals surface area contributed by atoms with Crippen LogP contribution in [-0.4, -0.2) is 58.1 Å². The van der Waals surface area contributed by atoms with Gasteiger partial charge >= 0.3 is 5.97 Å². The van der Waals surface area contributed by atoms with Gasteiger partial charge < -0.3 is 9.47 Å². The van der Waals surface area contributed by atoms with Crippen LogP contribution in [0.3, 0.4) is 0 Å². The Bertz CT molecular complexity index is 1070. The van der Waals surface area contributed by atoms with Crippen molar-refractivity contribution in [3.8, 4) is 10.9 Å². The average Bonchev–Trinajstić information content (AvgIpc) is 3.41. The van der Waals surface area contributed by atoms with Gasteiger partial charge in [-0.2, -0.15) is 0 Å². The number of thiazole rings is 1. The number of hydrogen-bond acceptors (Lipinski definition) is 7. The summed E-state index contributed by atoms with van der Waals surface area (Å²) in [4.78, 5) is 21.5. The highest BCUT2D eigenvalue weighted by molar-refractivity contribution is 7.20. The minimum absolute atomic E-state index is 0.125. The Kier molecular flexibility index (Phi) is 5.65. The number of para-hydroxylation sites is 1. The van der Waals surface area contributed by atoms with Crippen LogP contribution < -0.4 is 4.74 Å². The molecule has 2 aliphatic heterocycles. The van der Waals surface area contributed by atoms with Crippen LogP contribution in [0.1, 0.15) is 32.8 Å². The lowest BCUT2D eigenvalue weighted by Gasteiger charge is -2.34. The number of ether oxygens (including phenoxy) is 2. The maximum atomic E-state index is 12.2. The number of nitrogens with zero attached hydrogens (tertiary/aromatic N) is 3. The van der Waals surface area contributed by atoms with Crippen LogP contribution in [-0.2, 0) is 16.1 Å². The number of carbonyl (C=O) groups is 1. The summed E-state index contributed by atoms with van der Waals surface area (Å²) in [7, 11) is 0.